The molecule has 2 aromatic carbocycles. The van der Waals surface area contributed by atoms with Crippen LogP contribution in [0.25, 0.3) is 10.8 Å². The van der Waals surface area contributed by atoms with Gasteiger partial charge in [0.2, 0.25) is 0 Å². The molecule has 2 atom stereocenters. The Morgan fingerprint density at radius 3 is 2.91 bits per heavy atom. The van der Waals surface area contributed by atoms with Gasteiger partial charge in [-0.05, 0) is 61.1 Å². The average Bonchev–Trinajstić information content (AvgIpc) is 3.12. The molecule has 2 heteroatoms. The molecule has 110 valence electrons. The lowest BCUT2D eigenvalue weighted by atomic mass is 9.63. The van der Waals surface area contributed by atoms with Crippen LogP contribution in [0.5, 0.6) is 0 Å². The molecule has 3 aliphatic rings. The van der Waals surface area contributed by atoms with Crippen LogP contribution in [0.4, 0.5) is 0 Å². The first-order chi connectivity index (χ1) is 10.7. The maximum Gasteiger partial charge on any atom is 0.169 e. The van der Waals surface area contributed by atoms with Gasteiger partial charge in [0.15, 0.2) is 5.78 Å². The summed E-state index contributed by atoms with van der Waals surface area (Å²) < 4.78 is 0. The summed E-state index contributed by atoms with van der Waals surface area (Å²) in [5.41, 5.74) is 3.55. The number of fused-ring (bicyclic) bond motifs is 5. The van der Waals surface area contributed by atoms with Crippen LogP contribution in [0.3, 0.4) is 0 Å². The van der Waals surface area contributed by atoms with Gasteiger partial charge in [-0.1, -0.05) is 41.4 Å². The number of Topliss-reactive ketones (excluding diaryl/α,β-unsaturated/α-hetero) is 1. The molecule has 0 aromatic heterocycles. The van der Waals surface area contributed by atoms with Crippen LogP contribution >= 0.6 is 11.6 Å². The fourth-order valence-corrected chi connectivity index (χ4v) is 5.19. The van der Waals surface area contributed by atoms with Crippen molar-refractivity contribution in [2.24, 2.45) is 11.3 Å². The molecule has 5 rings (SSSR count). The van der Waals surface area contributed by atoms with Crippen molar-refractivity contribution < 1.29 is 4.79 Å². The number of carbonyl (C=O) groups is 1. The van der Waals surface area contributed by atoms with Gasteiger partial charge in [0.25, 0.3) is 0 Å². The number of hydrogen-bond acceptors (Lipinski definition) is 1. The van der Waals surface area contributed by atoms with Crippen LogP contribution in [-0.2, 0) is 6.42 Å². The standard InChI is InChI=1S/C20H17ClO/c21-18-3-1-2-13-9-14-6-7-20(11-12-4-5-15(20)8-12)19(22)17(14)10-16(13)18/h1-4,9-10,15H,5-8,11H2. The van der Waals surface area contributed by atoms with Crippen LogP contribution in [0.2, 0.25) is 5.02 Å². The largest absolute Gasteiger partial charge is 0.294 e. The van der Waals surface area contributed by atoms with E-state index in [4.69, 9.17) is 11.6 Å². The van der Waals surface area contributed by atoms with Gasteiger partial charge in [0.1, 0.15) is 0 Å². The number of hydrogen-bond donors (Lipinski definition) is 0. The summed E-state index contributed by atoms with van der Waals surface area (Å²) in [5.74, 6) is 0.925. The van der Waals surface area contributed by atoms with Gasteiger partial charge < -0.3 is 0 Å². The zero-order chi connectivity index (χ0) is 14.9. The van der Waals surface area contributed by atoms with Crippen LogP contribution < -0.4 is 0 Å². The van der Waals surface area contributed by atoms with E-state index in [2.05, 4.69) is 24.3 Å². The molecule has 2 bridgehead atoms. The van der Waals surface area contributed by atoms with E-state index in [1.165, 1.54) is 11.1 Å². The molecular weight excluding hydrogens is 292 g/mol. The molecule has 3 aliphatic carbocycles. The molecule has 2 aromatic rings. The highest BCUT2D eigenvalue weighted by Gasteiger charge is 2.53. The zero-order valence-corrected chi connectivity index (χ0v) is 13.1. The Morgan fingerprint density at radius 1 is 1.23 bits per heavy atom. The minimum atomic E-state index is -0.105. The number of carbonyl (C=O) groups excluding carboxylic acids is 1. The van der Waals surface area contributed by atoms with Crippen molar-refractivity contribution in [1.29, 1.82) is 0 Å². The molecule has 22 heavy (non-hydrogen) atoms. The molecule has 1 nitrogen and oxygen atoms in total. The third-order valence-electron chi connectivity index (χ3n) is 6.11. The first-order valence-electron chi connectivity index (χ1n) is 8.11. The first-order valence-corrected chi connectivity index (χ1v) is 8.49. The highest BCUT2D eigenvalue weighted by atomic mass is 35.5. The van der Waals surface area contributed by atoms with Crippen molar-refractivity contribution in [3.63, 3.8) is 0 Å². The van der Waals surface area contributed by atoms with Crippen molar-refractivity contribution in [2.45, 2.75) is 32.1 Å². The quantitative estimate of drug-likeness (QED) is 0.600. The molecule has 1 spiro atoms. The van der Waals surface area contributed by atoms with Crippen LogP contribution in [-0.4, -0.2) is 5.78 Å². The second-order valence-electron chi connectivity index (χ2n) is 7.13. The van der Waals surface area contributed by atoms with E-state index in [0.29, 0.717) is 11.7 Å². The number of benzene rings is 2. The van der Waals surface area contributed by atoms with E-state index in [-0.39, 0.29) is 5.41 Å². The van der Waals surface area contributed by atoms with Gasteiger partial charge in [0.05, 0.1) is 0 Å². The third kappa shape index (κ3) is 1.53. The maximum atomic E-state index is 13.3. The van der Waals surface area contributed by atoms with Gasteiger partial charge in [-0.15, -0.1) is 0 Å². The summed E-state index contributed by atoms with van der Waals surface area (Å²) in [4.78, 5) is 13.3. The monoisotopic (exact) mass is 308 g/mol. The number of aryl methyl sites for hydroxylation is 1. The molecule has 0 aliphatic heterocycles. The Hall–Kier alpha value is -1.60. The summed E-state index contributed by atoms with van der Waals surface area (Å²) in [5, 5.41) is 2.89. The molecule has 1 saturated carbocycles. The van der Waals surface area contributed by atoms with Gasteiger partial charge in [0, 0.05) is 21.4 Å². The van der Waals surface area contributed by atoms with E-state index in [1.54, 1.807) is 0 Å². The van der Waals surface area contributed by atoms with Crippen LogP contribution in [0, 0.1) is 11.3 Å². The van der Waals surface area contributed by atoms with E-state index in [0.717, 1.165) is 53.5 Å². The fraction of sp³-hybridized carbons (Fsp3) is 0.350. The lowest BCUT2D eigenvalue weighted by molar-refractivity contribution is 0.0671. The van der Waals surface area contributed by atoms with Crippen LogP contribution in [0.15, 0.2) is 42.0 Å². The predicted octanol–water partition coefficient (Wildman–Crippen LogP) is 5.35. The van der Waals surface area contributed by atoms with E-state index in [1.807, 2.05) is 12.1 Å². The highest BCUT2D eigenvalue weighted by Crippen LogP contribution is 2.58. The predicted molar refractivity (Wildman–Crippen MR) is 89.5 cm³/mol. The molecule has 0 saturated heterocycles. The Bertz CT molecular complexity index is 863. The van der Waals surface area contributed by atoms with E-state index >= 15 is 0 Å². The SMILES string of the molecule is O=C1c2cc3c(Cl)cccc3cc2CCC12CC1=CCC2C1. The minimum Gasteiger partial charge on any atom is -0.294 e. The summed E-state index contributed by atoms with van der Waals surface area (Å²) in [6.45, 7) is 0. The normalized spacial score (nSPS) is 29.2. The molecule has 0 heterocycles. The average molecular weight is 309 g/mol. The van der Waals surface area contributed by atoms with Gasteiger partial charge in [-0.3, -0.25) is 4.79 Å². The van der Waals surface area contributed by atoms with Gasteiger partial charge in [-0.2, -0.15) is 0 Å². The van der Waals surface area contributed by atoms with Crippen molar-refractivity contribution in [2.75, 3.05) is 0 Å². The summed E-state index contributed by atoms with van der Waals surface area (Å²) in [6, 6.07) is 10.2. The summed E-state index contributed by atoms with van der Waals surface area (Å²) >= 11 is 6.34. The molecule has 2 unspecified atom stereocenters. The lowest BCUT2D eigenvalue weighted by Crippen LogP contribution is -2.39. The topological polar surface area (TPSA) is 17.1 Å². The third-order valence-corrected chi connectivity index (χ3v) is 6.44. The van der Waals surface area contributed by atoms with Crippen LogP contribution in [0.1, 0.15) is 41.6 Å². The molecular formula is C20H17ClO. The van der Waals surface area contributed by atoms with Crippen molar-refractivity contribution >= 4 is 28.2 Å². The maximum absolute atomic E-state index is 13.3. The molecule has 0 radical (unpaired) electrons. The summed E-state index contributed by atoms with van der Waals surface area (Å²) in [7, 11) is 0. The molecule has 1 fully saturated rings. The molecule has 0 N–H and O–H groups in total. The number of allylic oxidation sites excluding steroid dienone is 2. The minimum absolute atomic E-state index is 0.105. The van der Waals surface area contributed by atoms with Crippen molar-refractivity contribution in [1.82, 2.24) is 0 Å². The Balaban J connectivity index is 1.70. The Morgan fingerprint density at radius 2 is 2.14 bits per heavy atom. The van der Waals surface area contributed by atoms with E-state index < -0.39 is 0 Å². The Labute approximate surface area is 135 Å². The number of ketones is 1. The van der Waals surface area contributed by atoms with E-state index in [9.17, 15) is 4.79 Å². The van der Waals surface area contributed by atoms with Gasteiger partial charge in [-0.25, -0.2) is 0 Å². The smallest absolute Gasteiger partial charge is 0.169 e. The van der Waals surface area contributed by atoms with Crippen molar-refractivity contribution in [3.05, 3.63) is 58.1 Å². The number of rotatable bonds is 0. The summed E-state index contributed by atoms with van der Waals surface area (Å²) in [6.07, 6.45) is 7.65. The Kier molecular flexibility index (Phi) is 2.48. The second-order valence-corrected chi connectivity index (χ2v) is 7.54. The highest BCUT2D eigenvalue weighted by molar-refractivity contribution is 6.35. The van der Waals surface area contributed by atoms with Crippen molar-refractivity contribution in [3.8, 4) is 0 Å². The lowest BCUT2D eigenvalue weighted by Gasteiger charge is -2.38. The number of halogens is 1. The first kappa shape index (κ1) is 12.9. The zero-order valence-electron chi connectivity index (χ0n) is 12.4. The molecule has 0 amide bonds. The van der Waals surface area contributed by atoms with Gasteiger partial charge >= 0.3 is 0 Å². The second kappa shape index (κ2) is 4.23. The fourth-order valence-electron chi connectivity index (χ4n) is 4.96.